The number of hydrogen-bond acceptors (Lipinski definition) is 5. The fourth-order valence-corrected chi connectivity index (χ4v) is 2.94. The Bertz CT molecular complexity index is 515. The topological polar surface area (TPSA) is 65.0 Å². The van der Waals surface area contributed by atoms with Crippen LogP contribution in [0, 0.1) is 0 Å². The van der Waals surface area contributed by atoms with Crippen LogP contribution >= 0.6 is 0 Å². The summed E-state index contributed by atoms with van der Waals surface area (Å²) in [6.45, 7) is 5.74. The zero-order valence-electron chi connectivity index (χ0n) is 12.0. The molecule has 0 saturated carbocycles. The third-order valence-corrected chi connectivity index (χ3v) is 3.97. The van der Waals surface area contributed by atoms with Crippen LogP contribution in [0.5, 0.6) is 5.75 Å². The molecular weight excluding hydrogens is 270 g/mol. The zero-order chi connectivity index (χ0) is 14.7. The van der Waals surface area contributed by atoms with Crippen molar-refractivity contribution in [2.75, 3.05) is 55.7 Å². The molecule has 2 N–H and O–H groups in total. The number of rotatable bonds is 4. The van der Waals surface area contributed by atoms with E-state index in [1.807, 2.05) is 12.1 Å². The molecule has 6 heteroatoms. The van der Waals surface area contributed by atoms with E-state index in [0.717, 1.165) is 49.8 Å². The molecule has 0 radical (unpaired) electrons. The van der Waals surface area contributed by atoms with Gasteiger partial charge in [-0.05, 0) is 12.1 Å². The number of nitrogens with one attached hydrogen (secondary N) is 1. The molecular formula is C15H21N3O3. The lowest BCUT2D eigenvalue weighted by atomic mass is 10.1. The van der Waals surface area contributed by atoms with Crippen molar-refractivity contribution in [3.8, 4) is 5.75 Å². The first-order valence-electron chi connectivity index (χ1n) is 7.44. The first-order valence-corrected chi connectivity index (χ1v) is 7.44. The lowest BCUT2D eigenvalue weighted by Gasteiger charge is -2.37. The highest BCUT2D eigenvalue weighted by atomic mass is 16.5. The van der Waals surface area contributed by atoms with Crippen LogP contribution in [0.2, 0.25) is 0 Å². The summed E-state index contributed by atoms with van der Waals surface area (Å²) in [6.07, 6.45) is 0.148. The Kier molecular flexibility index (Phi) is 4.15. The van der Waals surface area contributed by atoms with Gasteiger partial charge in [0.1, 0.15) is 18.0 Å². The van der Waals surface area contributed by atoms with Gasteiger partial charge in [0.2, 0.25) is 0 Å². The SMILES string of the molecule is O=C(O)CCN1CCOc2cccc(N3CCNCC3)c21. The fraction of sp³-hybridized carbons (Fsp3) is 0.533. The molecule has 2 aliphatic heterocycles. The van der Waals surface area contributed by atoms with E-state index in [-0.39, 0.29) is 6.42 Å². The molecule has 0 atom stereocenters. The second-order valence-electron chi connectivity index (χ2n) is 5.34. The summed E-state index contributed by atoms with van der Waals surface area (Å²) < 4.78 is 5.76. The molecule has 0 aromatic heterocycles. The van der Waals surface area contributed by atoms with E-state index in [4.69, 9.17) is 9.84 Å². The minimum absolute atomic E-state index is 0.148. The van der Waals surface area contributed by atoms with Gasteiger partial charge in [-0.25, -0.2) is 0 Å². The molecule has 2 aliphatic rings. The van der Waals surface area contributed by atoms with Crippen LogP contribution in [-0.2, 0) is 4.79 Å². The van der Waals surface area contributed by atoms with Gasteiger partial charge in [-0.15, -0.1) is 0 Å². The molecule has 0 spiro atoms. The predicted molar refractivity (Wildman–Crippen MR) is 81.5 cm³/mol. The smallest absolute Gasteiger partial charge is 0.305 e. The lowest BCUT2D eigenvalue weighted by molar-refractivity contribution is -0.136. The molecule has 3 rings (SSSR count). The molecule has 1 aromatic carbocycles. The van der Waals surface area contributed by atoms with Crippen LogP contribution in [0.3, 0.4) is 0 Å². The van der Waals surface area contributed by atoms with Crippen molar-refractivity contribution in [1.82, 2.24) is 5.32 Å². The van der Waals surface area contributed by atoms with Crippen LogP contribution in [0.4, 0.5) is 11.4 Å². The minimum Gasteiger partial charge on any atom is -0.489 e. The quantitative estimate of drug-likeness (QED) is 0.854. The number of para-hydroxylation sites is 1. The van der Waals surface area contributed by atoms with Gasteiger partial charge in [-0.3, -0.25) is 4.79 Å². The molecule has 1 fully saturated rings. The summed E-state index contributed by atoms with van der Waals surface area (Å²) in [5, 5.41) is 12.3. The summed E-state index contributed by atoms with van der Waals surface area (Å²) in [5.41, 5.74) is 2.20. The maximum absolute atomic E-state index is 10.9. The third-order valence-electron chi connectivity index (χ3n) is 3.97. The monoisotopic (exact) mass is 291 g/mol. The molecule has 21 heavy (non-hydrogen) atoms. The Balaban J connectivity index is 1.89. The number of carbonyl (C=O) groups is 1. The first kappa shape index (κ1) is 14.0. The molecule has 114 valence electrons. The number of hydrogen-bond donors (Lipinski definition) is 2. The normalized spacial score (nSPS) is 18.1. The molecule has 2 heterocycles. The molecule has 0 aliphatic carbocycles. The molecule has 1 saturated heterocycles. The summed E-state index contributed by atoms with van der Waals surface area (Å²) in [6, 6.07) is 6.08. The van der Waals surface area contributed by atoms with Gasteiger partial charge in [0.05, 0.1) is 18.7 Å². The van der Waals surface area contributed by atoms with Gasteiger partial charge in [-0.1, -0.05) is 6.07 Å². The standard InChI is InChI=1S/C15H21N3O3/c19-14(20)4-7-18-10-11-21-13-3-1-2-12(15(13)18)17-8-5-16-6-9-17/h1-3,16H,4-11H2,(H,19,20). The maximum atomic E-state index is 10.9. The highest BCUT2D eigenvalue weighted by molar-refractivity contribution is 5.79. The lowest BCUT2D eigenvalue weighted by Crippen LogP contribution is -2.45. The van der Waals surface area contributed by atoms with E-state index in [1.165, 1.54) is 0 Å². The number of carboxylic acids is 1. The zero-order valence-corrected chi connectivity index (χ0v) is 12.0. The number of carboxylic acid groups (broad SMARTS) is 1. The van der Waals surface area contributed by atoms with Crippen LogP contribution < -0.4 is 19.9 Å². The number of piperazine rings is 1. The number of benzene rings is 1. The Morgan fingerprint density at radius 1 is 1.29 bits per heavy atom. The van der Waals surface area contributed by atoms with Gasteiger partial charge in [0.15, 0.2) is 0 Å². The predicted octanol–water partition coefficient (Wildman–Crippen LogP) is 0.770. The molecule has 1 aromatic rings. The van der Waals surface area contributed by atoms with Crippen LogP contribution in [0.1, 0.15) is 6.42 Å². The van der Waals surface area contributed by atoms with Crippen molar-refractivity contribution in [3.05, 3.63) is 18.2 Å². The average Bonchev–Trinajstić information content (AvgIpc) is 2.53. The Hall–Kier alpha value is -1.95. The Morgan fingerprint density at radius 3 is 2.86 bits per heavy atom. The highest BCUT2D eigenvalue weighted by Gasteiger charge is 2.25. The second-order valence-corrected chi connectivity index (χ2v) is 5.34. The third kappa shape index (κ3) is 3.05. The minimum atomic E-state index is -0.761. The van der Waals surface area contributed by atoms with Crippen molar-refractivity contribution < 1.29 is 14.6 Å². The number of anilines is 2. The van der Waals surface area contributed by atoms with E-state index < -0.39 is 5.97 Å². The van der Waals surface area contributed by atoms with Gasteiger partial charge in [0.25, 0.3) is 0 Å². The van der Waals surface area contributed by atoms with Gasteiger partial charge < -0.3 is 25.0 Å². The Morgan fingerprint density at radius 2 is 2.10 bits per heavy atom. The van der Waals surface area contributed by atoms with Crippen LogP contribution in [0.25, 0.3) is 0 Å². The summed E-state index contributed by atoms with van der Waals surface area (Å²) in [4.78, 5) is 15.4. The summed E-state index contributed by atoms with van der Waals surface area (Å²) in [7, 11) is 0. The van der Waals surface area contributed by atoms with E-state index in [9.17, 15) is 4.79 Å². The Labute approximate surface area is 124 Å². The molecule has 0 bridgehead atoms. The fourth-order valence-electron chi connectivity index (χ4n) is 2.94. The average molecular weight is 291 g/mol. The van der Waals surface area contributed by atoms with Gasteiger partial charge >= 0.3 is 5.97 Å². The van der Waals surface area contributed by atoms with E-state index in [2.05, 4.69) is 21.2 Å². The number of aliphatic carboxylic acids is 1. The molecule has 0 unspecified atom stereocenters. The maximum Gasteiger partial charge on any atom is 0.305 e. The van der Waals surface area contributed by atoms with Crippen molar-refractivity contribution in [2.24, 2.45) is 0 Å². The van der Waals surface area contributed by atoms with Crippen molar-refractivity contribution in [3.63, 3.8) is 0 Å². The van der Waals surface area contributed by atoms with Crippen molar-refractivity contribution >= 4 is 17.3 Å². The second kappa shape index (κ2) is 6.22. The van der Waals surface area contributed by atoms with Crippen molar-refractivity contribution in [1.29, 1.82) is 0 Å². The van der Waals surface area contributed by atoms with Gasteiger partial charge in [-0.2, -0.15) is 0 Å². The van der Waals surface area contributed by atoms with Crippen molar-refractivity contribution in [2.45, 2.75) is 6.42 Å². The van der Waals surface area contributed by atoms with Crippen LogP contribution in [-0.4, -0.2) is 57.0 Å². The molecule has 0 amide bonds. The largest absolute Gasteiger partial charge is 0.489 e. The summed E-state index contributed by atoms with van der Waals surface area (Å²) >= 11 is 0. The number of fused-ring (bicyclic) bond motifs is 1. The van der Waals surface area contributed by atoms with Crippen LogP contribution in [0.15, 0.2) is 18.2 Å². The van der Waals surface area contributed by atoms with Gasteiger partial charge in [0, 0.05) is 32.7 Å². The first-order chi connectivity index (χ1) is 10.3. The highest BCUT2D eigenvalue weighted by Crippen LogP contribution is 2.40. The van der Waals surface area contributed by atoms with E-state index in [1.54, 1.807) is 0 Å². The summed E-state index contributed by atoms with van der Waals surface area (Å²) in [5.74, 6) is 0.102. The number of nitrogens with zero attached hydrogens (tertiary/aromatic N) is 2. The molecule has 6 nitrogen and oxygen atoms in total. The van der Waals surface area contributed by atoms with E-state index in [0.29, 0.717) is 13.2 Å². The number of ether oxygens (including phenoxy) is 1. The van der Waals surface area contributed by atoms with E-state index >= 15 is 0 Å².